The van der Waals surface area contributed by atoms with E-state index in [2.05, 4.69) is 5.16 Å². The summed E-state index contributed by atoms with van der Waals surface area (Å²) in [5.74, 6) is -0.376. The number of aliphatic hydroxyl groups is 1. The number of amides is 1. The molecular formula is C12H25N3O4. The first-order chi connectivity index (χ1) is 8.89. The lowest BCUT2D eigenvalue weighted by atomic mass is 9.79. The lowest BCUT2D eigenvalue weighted by Crippen LogP contribution is -2.51. The van der Waals surface area contributed by atoms with Crippen LogP contribution in [-0.2, 0) is 9.53 Å². The van der Waals surface area contributed by atoms with Crippen LogP contribution in [-0.4, -0.2) is 60.4 Å². The fourth-order valence-corrected chi connectivity index (χ4v) is 2.13. The minimum atomic E-state index is -1.03. The first kappa shape index (κ1) is 17.7. The van der Waals surface area contributed by atoms with E-state index in [1.165, 1.54) is 12.0 Å². The van der Waals surface area contributed by atoms with Gasteiger partial charge in [0, 0.05) is 20.7 Å². The standard InChI is InChI=1S/C12H25N3O4/c1-5-12(6-2,10(13)14-18)11(17)15(3)7-9(16)8-19-4/h9,16,18H,5-8H2,1-4H3,(H2,13,14). The number of nitrogens with zero attached hydrogens (tertiary/aromatic N) is 2. The molecule has 0 aliphatic heterocycles. The van der Waals surface area contributed by atoms with E-state index in [0.29, 0.717) is 12.8 Å². The van der Waals surface area contributed by atoms with Gasteiger partial charge >= 0.3 is 0 Å². The molecule has 0 aliphatic carbocycles. The van der Waals surface area contributed by atoms with Crippen LogP contribution in [0, 0.1) is 5.41 Å². The van der Waals surface area contributed by atoms with Crippen LogP contribution in [0.15, 0.2) is 5.16 Å². The Kier molecular flexibility index (Phi) is 7.40. The van der Waals surface area contributed by atoms with Gasteiger partial charge in [0.15, 0.2) is 5.84 Å². The smallest absolute Gasteiger partial charge is 0.236 e. The van der Waals surface area contributed by atoms with Crippen molar-refractivity contribution in [1.82, 2.24) is 4.90 Å². The third-order valence-corrected chi connectivity index (χ3v) is 3.40. The molecule has 0 spiro atoms. The Balaban J connectivity index is 5.01. The number of hydrogen-bond acceptors (Lipinski definition) is 5. The molecule has 1 amide bonds. The summed E-state index contributed by atoms with van der Waals surface area (Å²) >= 11 is 0. The summed E-state index contributed by atoms with van der Waals surface area (Å²) < 4.78 is 4.81. The summed E-state index contributed by atoms with van der Waals surface area (Å²) in [6.07, 6.45) is 0.0731. The molecule has 0 aromatic carbocycles. The first-order valence-electron chi connectivity index (χ1n) is 6.30. The predicted octanol–water partition coefficient (Wildman–Crippen LogP) is 0.00490. The average molecular weight is 275 g/mol. The van der Waals surface area contributed by atoms with Crippen LogP contribution in [0.25, 0.3) is 0 Å². The highest BCUT2D eigenvalue weighted by Gasteiger charge is 2.41. The number of aliphatic hydroxyl groups excluding tert-OH is 1. The van der Waals surface area contributed by atoms with E-state index in [-0.39, 0.29) is 24.9 Å². The van der Waals surface area contributed by atoms with Crippen LogP contribution >= 0.6 is 0 Å². The van der Waals surface area contributed by atoms with E-state index >= 15 is 0 Å². The van der Waals surface area contributed by atoms with Crippen LogP contribution < -0.4 is 5.73 Å². The third kappa shape index (κ3) is 4.07. The molecule has 0 radical (unpaired) electrons. The molecule has 0 aromatic rings. The zero-order valence-electron chi connectivity index (χ0n) is 12.1. The van der Waals surface area contributed by atoms with Gasteiger partial charge in [0.1, 0.15) is 5.41 Å². The molecular weight excluding hydrogens is 250 g/mol. The van der Waals surface area contributed by atoms with Crippen LogP contribution in [0.1, 0.15) is 26.7 Å². The molecule has 0 aromatic heterocycles. The van der Waals surface area contributed by atoms with Crippen molar-refractivity contribution in [3.63, 3.8) is 0 Å². The second kappa shape index (κ2) is 7.96. The van der Waals surface area contributed by atoms with Crippen molar-refractivity contribution < 1.29 is 19.8 Å². The lowest BCUT2D eigenvalue weighted by Gasteiger charge is -2.33. The van der Waals surface area contributed by atoms with E-state index in [0.717, 1.165) is 0 Å². The SMILES string of the molecule is CCC(CC)(C(=O)N(C)CC(O)COC)C(N)=NO. The number of ether oxygens (including phenoxy) is 1. The molecule has 4 N–H and O–H groups in total. The van der Waals surface area contributed by atoms with Crippen molar-refractivity contribution in [2.45, 2.75) is 32.8 Å². The summed E-state index contributed by atoms with van der Waals surface area (Å²) in [6, 6.07) is 0. The molecule has 0 fully saturated rings. The molecule has 0 bridgehead atoms. The minimum Gasteiger partial charge on any atom is -0.409 e. The van der Waals surface area contributed by atoms with Crippen LogP contribution in [0.2, 0.25) is 0 Å². The Hall–Kier alpha value is -1.34. The van der Waals surface area contributed by atoms with Gasteiger partial charge in [0.25, 0.3) is 0 Å². The fraction of sp³-hybridized carbons (Fsp3) is 0.833. The second-order valence-electron chi connectivity index (χ2n) is 4.57. The summed E-state index contributed by atoms with van der Waals surface area (Å²) in [5, 5.41) is 21.5. The van der Waals surface area contributed by atoms with E-state index in [1.54, 1.807) is 20.9 Å². The van der Waals surface area contributed by atoms with Gasteiger partial charge in [-0.15, -0.1) is 0 Å². The number of hydrogen-bond donors (Lipinski definition) is 3. The van der Waals surface area contributed by atoms with Gasteiger partial charge in [-0.2, -0.15) is 0 Å². The zero-order valence-corrected chi connectivity index (χ0v) is 12.1. The Morgan fingerprint density at radius 1 is 1.47 bits per heavy atom. The molecule has 1 atom stereocenters. The molecule has 0 saturated carbocycles. The monoisotopic (exact) mass is 275 g/mol. The Morgan fingerprint density at radius 3 is 2.37 bits per heavy atom. The van der Waals surface area contributed by atoms with Crippen molar-refractivity contribution in [1.29, 1.82) is 0 Å². The van der Waals surface area contributed by atoms with Gasteiger partial charge in [-0.3, -0.25) is 4.79 Å². The number of carbonyl (C=O) groups is 1. The van der Waals surface area contributed by atoms with Gasteiger partial charge in [0.05, 0.1) is 12.7 Å². The third-order valence-electron chi connectivity index (χ3n) is 3.40. The van der Waals surface area contributed by atoms with E-state index in [1.807, 2.05) is 0 Å². The molecule has 7 heteroatoms. The fourth-order valence-electron chi connectivity index (χ4n) is 2.13. The number of rotatable bonds is 8. The van der Waals surface area contributed by atoms with Crippen LogP contribution in [0.5, 0.6) is 0 Å². The molecule has 19 heavy (non-hydrogen) atoms. The summed E-state index contributed by atoms with van der Waals surface area (Å²) in [7, 11) is 3.05. The number of carbonyl (C=O) groups excluding carboxylic acids is 1. The van der Waals surface area contributed by atoms with Gasteiger partial charge in [-0.25, -0.2) is 0 Å². The largest absolute Gasteiger partial charge is 0.409 e. The summed E-state index contributed by atoms with van der Waals surface area (Å²) in [6.45, 7) is 3.89. The quantitative estimate of drug-likeness (QED) is 0.250. The average Bonchev–Trinajstić information content (AvgIpc) is 2.40. The molecule has 112 valence electrons. The Morgan fingerprint density at radius 2 is 2.00 bits per heavy atom. The van der Waals surface area contributed by atoms with Crippen LogP contribution in [0.4, 0.5) is 0 Å². The topological polar surface area (TPSA) is 108 Å². The van der Waals surface area contributed by atoms with Gasteiger partial charge in [-0.05, 0) is 12.8 Å². The normalized spacial score (nSPS) is 14.3. The van der Waals surface area contributed by atoms with Gasteiger partial charge in [0.2, 0.25) is 5.91 Å². The number of methoxy groups -OCH3 is 1. The van der Waals surface area contributed by atoms with Crippen molar-refractivity contribution in [3.8, 4) is 0 Å². The van der Waals surface area contributed by atoms with Gasteiger partial charge in [-0.1, -0.05) is 19.0 Å². The predicted molar refractivity (Wildman–Crippen MR) is 71.9 cm³/mol. The molecule has 7 nitrogen and oxygen atoms in total. The first-order valence-corrected chi connectivity index (χ1v) is 6.30. The zero-order chi connectivity index (χ0) is 15.1. The molecule has 0 saturated heterocycles. The maximum atomic E-state index is 12.5. The molecule has 0 aliphatic rings. The van der Waals surface area contributed by atoms with Crippen molar-refractivity contribution in [3.05, 3.63) is 0 Å². The summed E-state index contributed by atoms with van der Waals surface area (Å²) in [5.41, 5.74) is 4.64. The van der Waals surface area contributed by atoms with Crippen molar-refractivity contribution >= 4 is 11.7 Å². The highest BCUT2D eigenvalue weighted by Crippen LogP contribution is 2.29. The highest BCUT2D eigenvalue weighted by atomic mass is 16.5. The second-order valence-corrected chi connectivity index (χ2v) is 4.57. The maximum absolute atomic E-state index is 12.5. The Bertz CT molecular complexity index is 316. The molecule has 0 heterocycles. The van der Waals surface area contributed by atoms with Crippen LogP contribution in [0.3, 0.4) is 0 Å². The molecule has 0 rings (SSSR count). The molecule has 1 unspecified atom stereocenters. The Labute approximate surface area is 114 Å². The van der Waals surface area contributed by atoms with E-state index in [9.17, 15) is 9.90 Å². The highest BCUT2D eigenvalue weighted by molar-refractivity contribution is 6.06. The van der Waals surface area contributed by atoms with Gasteiger partial charge < -0.3 is 25.7 Å². The summed E-state index contributed by atoms with van der Waals surface area (Å²) in [4.78, 5) is 13.9. The van der Waals surface area contributed by atoms with Crippen molar-refractivity contribution in [2.75, 3.05) is 27.3 Å². The maximum Gasteiger partial charge on any atom is 0.236 e. The number of amidine groups is 1. The number of likely N-dealkylation sites (N-methyl/N-ethyl adjacent to an activating group) is 1. The van der Waals surface area contributed by atoms with E-state index < -0.39 is 11.5 Å². The lowest BCUT2D eigenvalue weighted by molar-refractivity contribution is -0.139. The number of nitrogens with two attached hydrogens (primary N) is 1. The number of oxime groups is 1. The van der Waals surface area contributed by atoms with Crippen molar-refractivity contribution in [2.24, 2.45) is 16.3 Å². The minimum absolute atomic E-state index is 0.101. The van der Waals surface area contributed by atoms with E-state index in [4.69, 9.17) is 15.7 Å².